The van der Waals surface area contributed by atoms with Crippen LogP contribution in [0.1, 0.15) is 36.9 Å². The number of aryl methyl sites for hydroxylation is 1. The van der Waals surface area contributed by atoms with Gasteiger partial charge in [0.25, 0.3) is 0 Å². The quantitative estimate of drug-likeness (QED) is 0.939. The van der Waals surface area contributed by atoms with Gasteiger partial charge < -0.3 is 5.73 Å². The van der Waals surface area contributed by atoms with Gasteiger partial charge in [-0.05, 0) is 36.5 Å². The highest BCUT2D eigenvalue weighted by molar-refractivity contribution is 5.24. The molecule has 0 amide bonds. The molecule has 0 unspecified atom stereocenters. The molecule has 1 aliphatic rings. The van der Waals surface area contributed by atoms with E-state index in [4.69, 9.17) is 5.73 Å². The summed E-state index contributed by atoms with van der Waals surface area (Å²) >= 11 is 0. The van der Waals surface area contributed by atoms with Gasteiger partial charge in [0.15, 0.2) is 0 Å². The lowest BCUT2D eigenvalue weighted by molar-refractivity contribution is 0.173. The Morgan fingerprint density at radius 3 is 2.33 bits per heavy atom. The third-order valence-corrected chi connectivity index (χ3v) is 4.40. The van der Waals surface area contributed by atoms with Crippen molar-refractivity contribution in [2.45, 2.75) is 38.8 Å². The Balaban J connectivity index is 1.53. The second kappa shape index (κ2) is 6.31. The Kier molecular flexibility index (Phi) is 4.25. The summed E-state index contributed by atoms with van der Waals surface area (Å²) in [5.74, 6) is 0.619. The van der Waals surface area contributed by atoms with Crippen LogP contribution in [0.25, 0.3) is 0 Å². The molecule has 0 atom stereocenters. The minimum absolute atomic E-state index is 0.501. The largest absolute Gasteiger partial charge is 0.382 e. The van der Waals surface area contributed by atoms with Crippen molar-refractivity contribution in [1.29, 1.82) is 0 Å². The molecule has 0 radical (unpaired) electrons. The van der Waals surface area contributed by atoms with E-state index in [0.29, 0.717) is 11.9 Å². The highest BCUT2D eigenvalue weighted by atomic mass is 15.3. The molecule has 0 bridgehead atoms. The molecule has 112 valence electrons. The summed E-state index contributed by atoms with van der Waals surface area (Å²) in [5.41, 5.74) is 8.52. The number of aromatic nitrogens is 2. The van der Waals surface area contributed by atoms with Crippen LogP contribution in [0.4, 0.5) is 5.82 Å². The van der Waals surface area contributed by atoms with E-state index in [1.54, 1.807) is 0 Å². The molecule has 0 saturated carbocycles. The zero-order chi connectivity index (χ0) is 14.7. The molecule has 3 rings (SSSR count). The molecule has 2 aromatic rings. The SMILES string of the molecule is CCc1ccc(CN2CCC(n3ccc(N)n3)CC2)cc1. The van der Waals surface area contributed by atoms with E-state index in [1.807, 2.05) is 16.9 Å². The maximum absolute atomic E-state index is 5.70. The summed E-state index contributed by atoms with van der Waals surface area (Å²) in [5, 5.41) is 4.34. The summed E-state index contributed by atoms with van der Waals surface area (Å²) in [6.45, 7) is 5.50. The second-order valence-electron chi connectivity index (χ2n) is 5.90. The van der Waals surface area contributed by atoms with Gasteiger partial charge >= 0.3 is 0 Å². The summed E-state index contributed by atoms with van der Waals surface area (Å²) in [6.07, 6.45) is 5.40. The Morgan fingerprint density at radius 1 is 1.10 bits per heavy atom. The molecule has 21 heavy (non-hydrogen) atoms. The Morgan fingerprint density at radius 2 is 1.76 bits per heavy atom. The summed E-state index contributed by atoms with van der Waals surface area (Å²) in [4.78, 5) is 2.53. The number of hydrogen-bond acceptors (Lipinski definition) is 3. The van der Waals surface area contributed by atoms with Crippen LogP contribution in [0.2, 0.25) is 0 Å². The predicted molar refractivity (Wildman–Crippen MR) is 86.0 cm³/mol. The highest BCUT2D eigenvalue weighted by Crippen LogP contribution is 2.23. The normalized spacial score (nSPS) is 17.2. The number of nitrogens with zero attached hydrogens (tertiary/aromatic N) is 3. The van der Waals surface area contributed by atoms with Crippen LogP contribution in [-0.4, -0.2) is 27.8 Å². The number of benzene rings is 1. The van der Waals surface area contributed by atoms with E-state index in [2.05, 4.69) is 41.2 Å². The molecular formula is C17H24N4. The smallest absolute Gasteiger partial charge is 0.145 e. The van der Waals surface area contributed by atoms with Crippen LogP contribution in [0.15, 0.2) is 36.5 Å². The fourth-order valence-electron chi connectivity index (χ4n) is 3.04. The van der Waals surface area contributed by atoms with Gasteiger partial charge in [-0.25, -0.2) is 0 Å². The van der Waals surface area contributed by atoms with Gasteiger partial charge in [0, 0.05) is 25.8 Å². The van der Waals surface area contributed by atoms with Crippen LogP contribution < -0.4 is 5.73 Å². The van der Waals surface area contributed by atoms with Gasteiger partial charge in [0.1, 0.15) is 5.82 Å². The molecule has 1 aliphatic heterocycles. The first-order valence-corrected chi connectivity index (χ1v) is 7.85. The van der Waals surface area contributed by atoms with Crippen LogP contribution in [0, 0.1) is 0 Å². The summed E-state index contributed by atoms with van der Waals surface area (Å²) in [7, 11) is 0. The second-order valence-corrected chi connectivity index (χ2v) is 5.90. The van der Waals surface area contributed by atoms with Crippen LogP contribution in [0.5, 0.6) is 0 Å². The number of likely N-dealkylation sites (tertiary alicyclic amines) is 1. The molecule has 2 heterocycles. The molecule has 1 aromatic heterocycles. The number of nitrogens with two attached hydrogens (primary N) is 1. The van der Waals surface area contributed by atoms with Gasteiger partial charge in [-0.3, -0.25) is 9.58 Å². The van der Waals surface area contributed by atoms with Crippen molar-refractivity contribution in [2.75, 3.05) is 18.8 Å². The number of hydrogen-bond donors (Lipinski definition) is 1. The zero-order valence-electron chi connectivity index (χ0n) is 12.7. The standard InChI is InChI=1S/C17H24N4/c1-2-14-3-5-15(6-4-14)13-20-10-7-16(8-11-20)21-12-9-17(18)19-21/h3-6,9,12,16H,2,7-8,10-11,13H2,1H3,(H2,18,19). The van der Waals surface area contributed by atoms with Crippen molar-refractivity contribution in [3.05, 3.63) is 47.7 Å². The summed E-state index contributed by atoms with van der Waals surface area (Å²) in [6, 6.07) is 11.4. The molecule has 0 spiro atoms. The van der Waals surface area contributed by atoms with E-state index in [1.165, 1.54) is 11.1 Å². The van der Waals surface area contributed by atoms with Gasteiger partial charge in [-0.1, -0.05) is 31.2 Å². The average molecular weight is 284 g/mol. The first-order chi connectivity index (χ1) is 10.2. The van der Waals surface area contributed by atoms with Gasteiger partial charge in [0.05, 0.1) is 6.04 Å². The molecule has 0 aliphatic carbocycles. The van der Waals surface area contributed by atoms with E-state index in [9.17, 15) is 0 Å². The van der Waals surface area contributed by atoms with Crippen molar-refractivity contribution in [1.82, 2.24) is 14.7 Å². The van der Waals surface area contributed by atoms with Crippen molar-refractivity contribution < 1.29 is 0 Å². The first kappa shape index (κ1) is 14.1. The molecule has 1 fully saturated rings. The van der Waals surface area contributed by atoms with E-state index >= 15 is 0 Å². The number of piperidine rings is 1. The fraction of sp³-hybridized carbons (Fsp3) is 0.471. The lowest BCUT2D eigenvalue weighted by atomic mass is 10.0. The lowest BCUT2D eigenvalue weighted by Crippen LogP contribution is -2.34. The van der Waals surface area contributed by atoms with Gasteiger partial charge in [-0.2, -0.15) is 5.10 Å². The van der Waals surface area contributed by atoms with Gasteiger partial charge in [-0.15, -0.1) is 0 Å². The number of rotatable bonds is 4. The topological polar surface area (TPSA) is 47.1 Å². The summed E-state index contributed by atoms with van der Waals surface area (Å²) < 4.78 is 2.03. The minimum atomic E-state index is 0.501. The van der Waals surface area contributed by atoms with Crippen LogP contribution >= 0.6 is 0 Å². The fourth-order valence-corrected chi connectivity index (χ4v) is 3.04. The van der Waals surface area contributed by atoms with E-state index in [0.717, 1.165) is 38.9 Å². The van der Waals surface area contributed by atoms with Crippen molar-refractivity contribution in [3.8, 4) is 0 Å². The monoisotopic (exact) mass is 284 g/mol. The van der Waals surface area contributed by atoms with Gasteiger partial charge in [0.2, 0.25) is 0 Å². The van der Waals surface area contributed by atoms with Crippen molar-refractivity contribution >= 4 is 5.82 Å². The molecule has 4 nitrogen and oxygen atoms in total. The molecule has 4 heteroatoms. The van der Waals surface area contributed by atoms with Crippen LogP contribution in [0.3, 0.4) is 0 Å². The Bertz CT molecular complexity index is 565. The molecule has 1 saturated heterocycles. The van der Waals surface area contributed by atoms with E-state index < -0.39 is 0 Å². The molecule has 1 aromatic carbocycles. The zero-order valence-corrected chi connectivity index (χ0v) is 12.7. The number of anilines is 1. The van der Waals surface area contributed by atoms with E-state index in [-0.39, 0.29) is 0 Å². The highest BCUT2D eigenvalue weighted by Gasteiger charge is 2.20. The third kappa shape index (κ3) is 3.45. The Hall–Kier alpha value is -1.81. The lowest BCUT2D eigenvalue weighted by Gasteiger charge is -2.32. The molecule has 2 N–H and O–H groups in total. The maximum atomic E-state index is 5.70. The predicted octanol–water partition coefficient (Wildman–Crippen LogP) is 2.86. The third-order valence-electron chi connectivity index (χ3n) is 4.40. The average Bonchev–Trinajstić information content (AvgIpc) is 2.95. The van der Waals surface area contributed by atoms with Crippen molar-refractivity contribution in [3.63, 3.8) is 0 Å². The minimum Gasteiger partial charge on any atom is -0.382 e. The number of nitrogen functional groups attached to an aromatic ring is 1. The first-order valence-electron chi connectivity index (χ1n) is 7.85. The Labute approximate surface area is 126 Å². The van der Waals surface area contributed by atoms with Crippen LogP contribution in [-0.2, 0) is 13.0 Å². The maximum Gasteiger partial charge on any atom is 0.145 e. The van der Waals surface area contributed by atoms with Crippen molar-refractivity contribution in [2.24, 2.45) is 0 Å². The molecular weight excluding hydrogens is 260 g/mol.